The van der Waals surface area contributed by atoms with Gasteiger partial charge < -0.3 is 9.67 Å². The van der Waals surface area contributed by atoms with E-state index in [1.807, 2.05) is 48.6 Å². The highest BCUT2D eigenvalue weighted by Crippen LogP contribution is 2.06. The molecule has 0 saturated carbocycles. The molecule has 0 amide bonds. The van der Waals surface area contributed by atoms with E-state index in [1.54, 1.807) is 16.8 Å². The van der Waals surface area contributed by atoms with Gasteiger partial charge in [0.1, 0.15) is 0 Å². The number of carbonyl (C=O) groups is 1. The lowest BCUT2D eigenvalue weighted by Gasteiger charge is -2.05. The molecule has 0 unspecified atom stereocenters. The van der Waals surface area contributed by atoms with E-state index in [1.165, 1.54) is 0 Å². The summed E-state index contributed by atoms with van der Waals surface area (Å²) in [6.07, 6.45) is 7.04. The van der Waals surface area contributed by atoms with Crippen molar-refractivity contribution in [2.24, 2.45) is 0 Å². The number of pyridine rings is 1. The number of benzene rings is 1. The molecule has 1 heterocycles. The van der Waals surface area contributed by atoms with Gasteiger partial charge in [-0.25, -0.2) is 0 Å². The number of nitrogens with zero attached hydrogens (tertiary/aromatic N) is 1. The van der Waals surface area contributed by atoms with E-state index in [9.17, 15) is 9.59 Å². The monoisotopic (exact) mass is 297 g/mol. The zero-order valence-corrected chi connectivity index (χ0v) is 12.3. The molecule has 2 aromatic rings. The van der Waals surface area contributed by atoms with Gasteiger partial charge in [0, 0.05) is 25.2 Å². The van der Waals surface area contributed by atoms with Gasteiger partial charge >= 0.3 is 5.97 Å². The fourth-order valence-corrected chi connectivity index (χ4v) is 2.13. The maximum absolute atomic E-state index is 12.0. The molecule has 1 aromatic carbocycles. The Hall–Kier alpha value is -2.62. The molecule has 2 rings (SSSR count). The third-order valence-electron chi connectivity index (χ3n) is 3.33. The number of aromatic nitrogens is 1. The second kappa shape index (κ2) is 7.98. The first-order valence-corrected chi connectivity index (χ1v) is 7.30. The first kappa shape index (κ1) is 15.8. The maximum atomic E-state index is 12.0. The SMILES string of the molecule is O=C(O)CCCCn1ccc(/C=C/c2ccccc2)cc1=O. The molecule has 0 aliphatic rings. The molecule has 22 heavy (non-hydrogen) atoms. The molecule has 4 nitrogen and oxygen atoms in total. The van der Waals surface area contributed by atoms with Crippen LogP contribution in [0.25, 0.3) is 12.2 Å². The Morgan fingerprint density at radius 1 is 1.05 bits per heavy atom. The number of aryl methyl sites for hydroxylation is 1. The fourth-order valence-electron chi connectivity index (χ4n) is 2.13. The molecule has 0 radical (unpaired) electrons. The normalized spacial score (nSPS) is 10.9. The lowest BCUT2D eigenvalue weighted by Crippen LogP contribution is -2.18. The quantitative estimate of drug-likeness (QED) is 0.798. The van der Waals surface area contributed by atoms with Crippen molar-refractivity contribution in [2.45, 2.75) is 25.8 Å². The van der Waals surface area contributed by atoms with Gasteiger partial charge in [0.25, 0.3) is 5.56 Å². The smallest absolute Gasteiger partial charge is 0.303 e. The van der Waals surface area contributed by atoms with E-state index < -0.39 is 5.97 Å². The predicted molar refractivity (Wildman–Crippen MR) is 87.6 cm³/mol. The Morgan fingerprint density at radius 2 is 1.77 bits per heavy atom. The highest BCUT2D eigenvalue weighted by Gasteiger charge is 1.99. The van der Waals surface area contributed by atoms with E-state index in [0.29, 0.717) is 19.4 Å². The molecule has 0 spiro atoms. The number of hydrogen-bond donors (Lipinski definition) is 1. The fraction of sp³-hybridized carbons (Fsp3) is 0.222. The van der Waals surface area contributed by atoms with Crippen LogP contribution in [0.3, 0.4) is 0 Å². The summed E-state index contributed by atoms with van der Waals surface area (Å²) in [5.41, 5.74) is 1.88. The summed E-state index contributed by atoms with van der Waals surface area (Å²) in [4.78, 5) is 22.4. The molecule has 0 fully saturated rings. The summed E-state index contributed by atoms with van der Waals surface area (Å²) >= 11 is 0. The summed E-state index contributed by atoms with van der Waals surface area (Å²) in [5, 5.41) is 8.58. The van der Waals surface area contributed by atoms with Crippen LogP contribution in [0.4, 0.5) is 0 Å². The van der Waals surface area contributed by atoms with Crippen LogP contribution in [-0.2, 0) is 11.3 Å². The Bertz CT molecular complexity index is 702. The van der Waals surface area contributed by atoms with Crippen LogP contribution in [0.1, 0.15) is 30.4 Å². The molecular formula is C18H19NO3. The highest BCUT2D eigenvalue weighted by molar-refractivity contribution is 5.69. The minimum atomic E-state index is -0.797. The van der Waals surface area contributed by atoms with Crippen molar-refractivity contribution in [3.63, 3.8) is 0 Å². The molecule has 0 saturated heterocycles. The summed E-state index contributed by atoms with van der Waals surface area (Å²) in [5.74, 6) is -0.797. The van der Waals surface area contributed by atoms with Crippen LogP contribution in [0.2, 0.25) is 0 Å². The lowest BCUT2D eigenvalue weighted by atomic mass is 10.1. The van der Waals surface area contributed by atoms with Crippen LogP contribution in [-0.4, -0.2) is 15.6 Å². The number of aliphatic carboxylic acids is 1. The standard InChI is InChI=1S/C18H19NO3/c20-17-14-16(10-9-15-6-2-1-3-7-15)11-13-19(17)12-5-4-8-18(21)22/h1-3,6-7,9-11,13-14H,4-5,8,12H2,(H,21,22)/b10-9+. The van der Waals surface area contributed by atoms with Crippen LogP contribution < -0.4 is 5.56 Å². The Kier molecular flexibility index (Phi) is 5.72. The third-order valence-corrected chi connectivity index (χ3v) is 3.33. The Balaban J connectivity index is 1.96. The molecule has 114 valence electrons. The second-order valence-corrected chi connectivity index (χ2v) is 5.09. The lowest BCUT2D eigenvalue weighted by molar-refractivity contribution is -0.137. The molecule has 1 N–H and O–H groups in total. The molecule has 0 atom stereocenters. The molecule has 0 bridgehead atoms. The largest absolute Gasteiger partial charge is 0.481 e. The summed E-state index contributed by atoms with van der Waals surface area (Å²) in [6, 6.07) is 13.4. The van der Waals surface area contributed by atoms with Crippen molar-refractivity contribution in [3.05, 3.63) is 70.1 Å². The average Bonchev–Trinajstić information content (AvgIpc) is 2.52. The van der Waals surface area contributed by atoms with Crippen molar-refractivity contribution < 1.29 is 9.90 Å². The topological polar surface area (TPSA) is 59.3 Å². The molecular weight excluding hydrogens is 278 g/mol. The van der Waals surface area contributed by atoms with Crippen molar-refractivity contribution in [1.82, 2.24) is 4.57 Å². The van der Waals surface area contributed by atoms with Gasteiger partial charge in [0.15, 0.2) is 0 Å². The van der Waals surface area contributed by atoms with Gasteiger partial charge in [0.2, 0.25) is 0 Å². The predicted octanol–water partition coefficient (Wildman–Crippen LogP) is 3.27. The number of unbranched alkanes of at least 4 members (excludes halogenated alkanes) is 1. The van der Waals surface area contributed by atoms with Crippen LogP contribution in [0.5, 0.6) is 0 Å². The first-order valence-electron chi connectivity index (χ1n) is 7.30. The Labute approximate surface area is 129 Å². The minimum Gasteiger partial charge on any atom is -0.481 e. The zero-order chi connectivity index (χ0) is 15.8. The maximum Gasteiger partial charge on any atom is 0.303 e. The van der Waals surface area contributed by atoms with Crippen molar-refractivity contribution in [2.75, 3.05) is 0 Å². The van der Waals surface area contributed by atoms with E-state index in [2.05, 4.69) is 0 Å². The molecule has 0 aliphatic heterocycles. The van der Waals surface area contributed by atoms with E-state index >= 15 is 0 Å². The number of rotatable bonds is 7. The van der Waals surface area contributed by atoms with Crippen LogP contribution in [0, 0.1) is 0 Å². The zero-order valence-electron chi connectivity index (χ0n) is 12.3. The van der Waals surface area contributed by atoms with Gasteiger partial charge in [-0.2, -0.15) is 0 Å². The average molecular weight is 297 g/mol. The van der Waals surface area contributed by atoms with Crippen molar-refractivity contribution in [3.8, 4) is 0 Å². The third kappa shape index (κ3) is 5.05. The van der Waals surface area contributed by atoms with Gasteiger partial charge in [0.05, 0.1) is 0 Å². The van der Waals surface area contributed by atoms with Gasteiger partial charge in [-0.05, 0) is 30.0 Å². The summed E-state index contributed by atoms with van der Waals surface area (Å²) < 4.78 is 1.61. The van der Waals surface area contributed by atoms with Crippen LogP contribution in [0.15, 0.2) is 53.5 Å². The minimum absolute atomic E-state index is 0.0643. The highest BCUT2D eigenvalue weighted by atomic mass is 16.4. The number of carboxylic acids is 1. The first-order chi connectivity index (χ1) is 10.6. The molecule has 1 aromatic heterocycles. The summed E-state index contributed by atoms with van der Waals surface area (Å²) in [7, 11) is 0. The Morgan fingerprint density at radius 3 is 2.45 bits per heavy atom. The van der Waals surface area contributed by atoms with Crippen LogP contribution >= 0.6 is 0 Å². The molecule has 4 heteroatoms. The summed E-state index contributed by atoms with van der Waals surface area (Å²) in [6.45, 7) is 0.550. The van der Waals surface area contributed by atoms with E-state index in [4.69, 9.17) is 5.11 Å². The van der Waals surface area contributed by atoms with E-state index in [0.717, 1.165) is 11.1 Å². The van der Waals surface area contributed by atoms with Crippen molar-refractivity contribution >= 4 is 18.1 Å². The molecule has 0 aliphatic carbocycles. The van der Waals surface area contributed by atoms with Gasteiger partial charge in [-0.15, -0.1) is 0 Å². The van der Waals surface area contributed by atoms with Gasteiger partial charge in [-0.3, -0.25) is 9.59 Å². The van der Waals surface area contributed by atoms with E-state index in [-0.39, 0.29) is 12.0 Å². The van der Waals surface area contributed by atoms with Crippen molar-refractivity contribution in [1.29, 1.82) is 0 Å². The second-order valence-electron chi connectivity index (χ2n) is 5.09. The van der Waals surface area contributed by atoms with Gasteiger partial charge in [-0.1, -0.05) is 42.5 Å². The number of carboxylic acid groups (broad SMARTS) is 1. The number of hydrogen-bond acceptors (Lipinski definition) is 2.